The first-order valence-corrected chi connectivity index (χ1v) is 4.59. The van der Waals surface area contributed by atoms with Gasteiger partial charge in [-0.15, -0.1) is 0 Å². The molecule has 1 N–H and O–H groups in total. The molecule has 0 heterocycles. The molecule has 0 aliphatic rings. The van der Waals surface area contributed by atoms with Crippen LogP contribution in [0.25, 0.3) is 6.08 Å². The second-order valence-electron chi connectivity index (χ2n) is 3.18. The fourth-order valence-corrected chi connectivity index (χ4v) is 1.12. The summed E-state index contributed by atoms with van der Waals surface area (Å²) in [7, 11) is 0. The number of hydrogen-bond acceptors (Lipinski definition) is 2. The van der Waals surface area contributed by atoms with Gasteiger partial charge < -0.3 is 5.11 Å². The molecule has 0 amide bonds. The monoisotopic (exact) mass is 204 g/mol. The molecular weight excluding hydrogens is 192 g/mol. The van der Waals surface area contributed by atoms with Crippen molar-refractivity contribution < 1.29 is 14.7 Å². The lowest BCUT2D eigenvalue weighted by Crippen LogP contribution is -1.91. The van der Waals surface area contributed by atoms with Crippen molar-refractivity contribution in [2.75, 3.05) is 0 Å². The average molecular weight is 204 g/mol. The van der Waals surface area contributed by atoms with Gasteiger partial charge in [0, 0.05) is 5.56 Å². The van der Waals surface area contributed by atoms with Gasteiger partial charge in [0.15, 0.2) is 5.78 Å². The van der Waals surface area contributed by atoms with Crippen LogP contribution in [0.4, 0.5) is 0 Å². The van der Waals surface area contributed by atoms with Crippen molar-refractivity contribution in [3.05, 3.63) is 41.5 Å². The van der Waals surface area contributed by atoms with Crippen LogP contribution >= 0.6 is 0 Å². The van der Waals surface area contributed by atoms with Gasteiger partial charge >= 0.3 is 5.97 Å². The number of carbonyl (C=O) groups is 2. The van der Waals surface area contributed by atoms with Gasteiger partial charge in [0.1, 0.15) is 0 Å². The molecule has 1 aromatic carbocycles. The molecule has 0 saturated carbocycles. The van der Waals surface area contributed by atoms with Crippen molar-refractivity contribution in [3.63, 3.8) is 0 Å². The van der Waals surface area contributed by atoms with Crippen LogP contribution in [-0.2, 0) is 4.79 Å². The maximum Gasteiger partial charge on any atom is 0.307 e. The van der Waals surface area contributed by atoms with Crippen molar-refractivity contribution in [1.82, 2.24) is 0 Å². The quantitative estimate of drug-likeness (QED) is 0.766. The zero-order valence-corrected chi connectivity index (χ0v) is 8.43. The standard InChI is InChI=1S/C12H12O3/c1-9(13)11-7-5-10(6-8-11)3-2-4-12(14)15/h2-3,5-8H,4H2,1H3,(H,14,15)/b3-2+. The minimum Gasteiger partial charge on any atom is -0.481 e. The van der Waals surface area contributed by atoms with E-state index in [1.165, 1.54) is 6.92 Å². The number of carboxylic acid groups (broad SMARTS) is 1. The van der Waals surface area contributed by atoms with Gasteiger partial charge in [0.25, 0.3) is 0 Å². The SMILES string of the molecule is CC(=O)c1ccc(/C=C/CC(=O)O)cc1. The maximum absolute atomic E-state index is 11.0. The number of rotatable bonds is 4. The summed E-state index contributed by atoms with van der Waals surface area (Å²) in [6, 6.07) is 7.02. The molecule has 0 radical (unpaired) electrons. The number of benzene rings is 1. The fourth-order valence-electron chi connectivity index (χ4n) is 1.12. The molecule has 1 aromatic rings. The molecule has 0 fully saturated rings. The number of aliphatic carboxylic acids is 1. The molecule has 0 atom stereocenters. The Bertz CT molecular complexity index is 388. The van der Waals surface area contributed by atoms with Crippen LogP contribution < -0.4 is 0 Å². The second kappa shape index (κ2) is 5.10. The minimum absolute atomic E-state index is 0.00839. The summed E-state index contributed by atoms with van der Waals surface area (Å²) in [4.78, 5) is 21.2. The highest BCUT2D eigenvalue weighted by molar-refractivity contribution is 5.94. The minimum atomic E-state index is -0.855. The van der Waals surface area contributed by atoms with Crippen molar-refractivity contribution in [2.45, 2.75) is 13.3 Å². The van der Waals surface area contributed by atoms with Crippen molar-refractivity contribution in [3.8, 4) is 0 Å². The topological polar surface area (TPSA) is 54.4 Å². The van der Waals surface area contributed by atoms with E-state index < -0.39 is 5.97 Å². The van der Waals surface area contributed by atoms with Gasteiger partial charge in [-0.25, -0.2) is 0 Å². The van der Waals surface area contributed by atoms with Gasteiger partial charge in [-0.05, 0) is 12.5 Å². The molecule has 0 spiro atoms. The first kappa shape index (κ1) is 11.2. The number of hydrogen-bond donors (Lipinski definition) is 1. The Kier molecular flexibility index (Phi) is 3.80. The van der Waals surface area contributed by atoms with Crippen LogP contribution in [0.1, 0.15) is 29.3 Å². The Hall–Kier alpha value is -1.90. The van der Waals surface area contributed by atoms with E-state index in [-0.39, 0.29) is 12.2 Å². The highest BCUT2D eigenvalue weighted by Gasteiger charge is 1.97. The van der Waals surface area contributed by atoms with Gasteiger partial charge in [0.05, 0.1) is 6.42 Å². The van der Waals surface area contributed by atoms with E-state index in [0.717, 1.165) is 5.56 Å². The molecule has 3 nitrogen and oxygen atoms in total. The maximum atomic E-state index is 11.0. The lowest BCUT2D eigenvalue weighted by molar-refractivity contribution is -0.135. The lowest BCUT2D eigenvalue weighted by Gasteiger charge is -1.96. The zero-order valence-electron chi connectivity index (χ0n) is 8.43. The van der Waals surface area contributed by atoms with E-state index >= 15 is 0 Å². The van der Waals surface area contributed by atoms with Gasteiger partial charge in [-0.3, -0.25) is 9.59 Å². The Balaban J connectivity index is 2.68. The molecule has 0 saturated heterocycles. The van der Waals surface area contributed by atoms with Crippen LogP contribution in [-0.4, -0.2) is 16.9 Å². The van der Waals surface area contributed by atoms with Gasteiger partial charge in [-0.2, -0.15) is 0 Å². The Morgan fingerprint density at radius 1 is 1.27 bits per heavy atom. The highest BCUT2D eigenvalue weighted by atomic mass is 16.4. The predicted molar refractivity (Wildman–Crippen MR) is 57.7 cm³/mol. The molecule has 0 aromatic heterocycles. The summed E-state index contributed by atoms with van der Waals surface area (Å²) < 4.78 is 0. The first-order chi connectivity index (χ1) is 7.09. The number of Topliss-reactive ketones (excluding diaryl/α,β-unsaturated/α-hetero) is 1. The zero-order chi connectivity index (χ0) is 11.3. The smallest absolute Gasteiger partial charge is 0.307 e. The van der Waals surface area contributed by atoms with E-state index in [1.54, 1.807) is 36.4 Å². The normalized spacial score (nSPS) is 10.5. The van der Waals surface area contributed by atoms with Crippen LogP contribution in [0.5, 0.6) is 0 Å². The van der Waals surface area contributed by atoms with Crippen molar-refractivity contribution in [2.24, 2.45) is 0 Å². The van der Waals surface area contributed by atoms with Crippen LogP contribution in [0, 0.1) is 0 Å². The summed E-state index contributed by atoms with van der Waals surface area (Å²) >= 11 is 0. The second-order valence-corrected chi connectivity index (χ2v) is 3.18. The number of ketones is 1. The fraction of sp³-hybridized carbons (Fsp3) is 0.167. The largest absolute Gasteiger partial charge is 0.481 e. The predicted octanol–water partition coefficient (Wildman–Crippen LogP) is 2.38. The lowest BCUT2D eigenvalue weighted by atomic mass is 10.1. The third kappa shape index (κ3) is 3.77. The van der Waals surface area contributed by atoms with Crippen molar-refractivity contribution in [1.29, 1.82) is 0 Å². The Morgan fingerprint density at radius 2 is 1.87 bits per heavy atom. The number of carbonyl (C=O) groups excluding carboxylic acids is 1. The summed E-state index contributed by atoms with van der Waals surface area (Å²) in [5.74, 6) is -0.831. The average Bonchev–Trinajstić information content (AvgIpc) is 2.18. The van der Waals surface area contributed by atoms with E-state index in [2.05, 4.69) is 0 Å². The molecule has 15 heavy (non-hydrogen) atoms. The van der Waals surface area contributed by atoms with Crippen LogP contribution in [0.2, 0.25) is 0 Å². The van der Waals surface area contributed by atoms with Crippen molar-refractivity contribution >= 4 is 17.8 Å². The first-order valence-electron chi connectivity index (χ1n) is 4.59. The molecule has 0 unspecified atom stereocenters. The van der Waals surface area contributed by atoms with Gasteiger partial charge in [0.2, 0.25) is 0 Å². The highest BCUT2D eigenvalue weighted by Crippen LogP contribution is 2.07. The molecular formula is C12H12O3. The summed E-state index contributed by atoms with van der Waals surface area (Å²) in [6.07, 6.45) is 3.30. The Labute approximate surface area is 88.0 Å². The van der Waals surface area contributed by atoms with E-state index in [9.17, 15) is 9.59 Å². The molecule has 0 aliphatic carbocycles. The third-order valence-corrected chi connectivity index (χ3v) is 1.92. The summed E-state index contributed by atoms with van der Waals surface area (Å²) in [5.41, 5.74) is 1.55. The van der Waals surface area contributed by atoms with E-state index in [1.807, 2.05) is 0 Å². The third-order valence-electron chi connectivity index (χ3n) is 1.92. The number of carboxylic acids is 1. The van der Waals surface area contributed by atoms with E-state index in [0.29, 0.717) is 5.56 Å². The van der Waals surface area contributed by atoms with Crippen LogP contribution in [0.15, 0.2) is 30.3 Å². The molecule has 78 valence electrons. The van der Waals surface area contributed by atoms with Crippen LogP contribution in [0.3, 0.4) is 0 Å². The summed E-state index contributed by atoms with van der Waals surface area (Å²) in [6.45, 7) is 1.51. The summed E-state index contributed by atoms with van der Waals surface area (Å²) in [5, 5.41) is 8.41. The van der Waals surface area contributed by atoms with Gasteiger partial charge in [-0.1, -0.05) is 36.4 Å². The molecule has 0 aliphatic heterocycles. The Morgan fingerprint density at radius 3 is 2.33 bits per heavy atom. The molecule has 3 heteroatoms. The van der Waals surface area contributed by atoms with E-state index in [4.69, 9.17) is 5.11 Å². The molecule has 1 rings (SSSR count). The molecule has 0 bridgehead atoms.